The van der Waals surface area contributed by atoms with Gasteiger partial charge in [-0.2, -0.15) is 0 Å². The lowest BCUT2D eigenvalue weighted by atomic mass is 10.0. The molecule has 14 heavy (non-hydrogen) atoms. The summed E-state index contributed by atoms with van der Waals surface area (Å²) in [5, 5.41) is 0. The van der Waals surface area contributed by atoms with Gasteiger partial charge in [0.05, 0.1) is 5.69 Å². The summed E-state index contributed by atoms with van der Waals surface area (Å²) >= 11 is 0. The second kappa shape index (κ2) is 2.60. The number of oxazole rings is 1. The number of nitrogens with zero attached hydrogens (tertiary/aromatic N) is 1. The maximum Gasteiger partial charge on any atom is 0.181 e. The molecule has 0 spiro atoms. The molecule has 2 rings (SSSR count). The second-order valence-electron chi connectivity index (χ2n) is 5.24. The van der Waals surface area contributed by atoms with Crippen LogP contribution in [0.15, 0.2) is 10.8 Å². The molecular formula is C11H18N2O. The third-order valence-corrected chi connectivity index (χ3v) is 4.15. The molecule has 1 aromatic heterocycles. The molecule has 3 heteroatoms. The highest BCUT2D eigenvalue weighted by Gasteiger charge is 2.67. The summed E-state index contributed by atoms with van der Waals surface area (Å²) in [6.45, 7) is 9.52. The molecule has 1 aliphatic rings. The van der Waals surface area contributed by atoms with Crippen molar-refractivity contribution in [2.75, 3.05) is 0 Å². The highest BCUT2D eigenvalue weighted by molar-refractivity contribution is 5.31. The SMILES string of the molecule is CC1(C)C(c2ocnc2CN)C1(C)C. The minimum Gasteiger partial charge on any atom is -0.448 e. The summed E-state index contributed by atoms with van der Waals surface area (Å²) in [6.07, 6.45) is 1.50. The summed E-state index contributed by atoms with van der Waals surface area (Å²) in [4.78, 5) is 4.14. The van der Waals surface area contributed by atoms with Crippen LogP contribution in [0.1, 0.15) is 45.1 Å². The molecule has 1 heterocycles. The molecular weight excluding hydrogens is 176 g/mol. The van der Waals surface area contributed by atoms with Gasteiger partial charge in [-0.1, -0.05) is 27.7 Å². The predicted molar refractivity (Wildman–Crippen MR) is 54.7 cm³/mol. The number of hydrogen-bond donors (Lipinski definition) is 1. The molecule has 3 nitrogen and oxygen atoms in total. The molecule has 1 aromatic rings. The van der Waals surface area contributed by atoms with Gasteiger partial charge in [-0.05, 0) is 10.8 Å². The molecule has 0 unspecified atom stereocenters. The van der Waals surface area contributed by atoms with Gasteiger partial charge in [-0.25, -0.2) is 4.98 Å². The zero-order chi connectivity index (χ0) is 10.6. The highest BCUT2D eigenvalue weighted by atomic mass is 16.3. The normalized spacial score (nSPS) is 23.8. The first-order valence-electron chi connectivity index (χ1n) is 5.05. The van der Waals surface area contributed by atoms with Gasteiger partial charge in [0.2, 0.25) is 0 Å². The van der Waals surface area contributed by atoms with Crippen LogP contribution in [0.4, 0.5) is 0 Å². The second-order valence-corrected chi connectivity index (χ2v) is 5.24. The van der Waals surface area contributed by atoms with E-state index >= 15 is 0 Å². The Morgan fingerprint density at radius 3 is 2.36 bits per heavy atom. The highest BCUT2D eigenvalue weighted by Crippen LogP contribution is 2.73. The van der Waals surface area contributed by atoms with E-state index < -0.39 is 0 Å². The van der Waals surface area contributed by atoms with Gasteiger partial charge in [0, 0.05) is 12.5 Å². The Morgan fingerprint density at radius 1 is 1.36 bits per heavy atom. The maximum atomic E-state index is 5.62. The van der Waals surface area contributed by atoms with E-state index in [1.165, 1.54) is 6.39 Å². The standard InChI is InChI=1S/C11H18N2O/c1-10(2)9(11(10,3)4)8-7(5-12)13-6-14-8/h6,9H,5,12H2,1-4H3. The van der Waals surface area contributed by atoms with Crippen molar-refractivity contribution in [1.29, 1.82) is 0 Å². The monoisotopic (exact) mass is 194 g/mol. The number of aromatic nitrogens is 1. The molecule has 78 valence electrons. The molecule has 0 amide bonds. The van der Waals surface area contributed by atoms with Crippen LogP contribution in [-0.2, 0) is 6.54 Å². The summed E-state index contributed by atoms with van der Waals surface area (Å²) in [7, 11) is 0. The summed E-state index contributed by atoms with van der Waals surface area (Å²) in [5.74, 6) is 1.44. The Balaban J connectivity index is 2.36. The molecule has 1 fully saturated rings. The van der Waals surface area contributed by atoms with Crippen LogP contribution >= 0.6 is 0 Å². The molecule has 0 atom stereocenters. The van der Waals surface area contributed by atoms with Gasteiger partial charge in [0.15, 0.2) is 6.39 Å². The number of nitrogens with two attached hydrogens (primary N) is 1. The first kappa shape index (κ1) is 9.71. The predicted octanol–water partition coefficient (Wildman–Crippen LogP) is 2.28. The largest absolute Gasteiger partial charge is 0.448 e. The summed E-state index contributed by atoms with van der Waals surface area (Å²) < 4.78 is 5.46. The lowest BCUT2D eigenvalue weighted by Crippen LogP contribution is -2.01. The number of hydrogen-bond acceptors (Lipinski definition) is 3. The molecule has 0 radical (unpaired) electrons. The molecule has 2 N–H and O–H groups in total. The molecule has 1 aliphatic carbocycles. The van der Waals surface area contributed by atoms with E-state index in [0.717, 1.165) is 11.5 Å². The van der Waals surface area contributed by atoms with Crippen molar-refractivity contribution in [3.05, 3.63) is 17.8 Å². The van der Waals surface area contributed by atoms with E-state index in [1.807, 2.05) is 0 Å². The van der Waals surface area contributed by atoms with Crippen molar-refractivity contribution in [1.82, 2.24) is 4.98 Å². The van der Waals surface area contributed by atoms with Crippen LogP contribution in [-0.4, -0.2) is 4.98 Å². The Labute approximate surface area is 84.7 Å². The van der Waals surface area contributed by atoms with Crippen molar-refractivity contribution >= 4 is 0 Å². The van der Waals surface area contributed by atoms with Crippen molar-refractivity contribution < 1.29 is 4.42 Å². The van der Waals surface area contributed by atoms with E-state index in [4.69, 9.17) is 10.2 Å². The lowest BCUT2D eigenvalue weighted by molar-refractivity contribution is 0.457. The minimum absolute atomic E-state index is 0.288. The molecule has 0 aromatic carbocycles. The smallest absolute Gasteiger partial charge is 0.181 e. The fourth-order valence-electron chi connectivity index (χ4n) is 2.52. The van der Waals surface area contributed by atoms with Gasteiger partial charge >= 0.3 is 0 Å². The summed E-state index contributed by atoms with van der Waals surface area (Å²) in [5.41, 5.74) is 7.10. The Kier molecular flexibility index (Phi) is 1.80. The molecule has 0 bridgehead atoms. The first-order valence-corrected chi connectivity index (χ1v) is 5.05. The number of rotatable bonds is 2. The zero-order valence-corrected chi connectivity index (χ0v) is 9.29. The third kappa shape index (κ3) is 0.989. The van der Waals surface area contributed by atoms with Gasteiger partial charge in [0.1, 0.15) is 5.76 Å². The van der Waals surface area contributed by atoms with Crippen LogP contribution in [0.5, 0.6) is 0 Å². The summed E-state index contributed by atoms with van der Waals surface area (Å²) in [6, 6.07) is 0. The molecule has 0 aliphatic heterocycles. The van der Waals surface area contributed by atoms with Crippen LogP contribution in [0, 0.1) is 10.8 Å². The van der Waals surface area contributed by atoms with Crippen molar-refractivity contribution in [2.24, 2.45) is 16.6 Å². The Hall–Kier alpha value is -0.830. The first-order chi connectivity index (χ1) is 6.43. The van der Waals surface area contributed by atoms with E-state index in [1.54, 1.807) is 0 Å². The van der Waals surface area contributed by atoms with Crippen molar-refractivity contribution in [2.45, 2.75) is 40.2 Å². The van der Waals surface area contributed by atoms with Crippen LogP contribution in [0.2, 0.25) is 0 Å². The van der Waals surface area contributed by atoms with Crippen LogP contribution in [0.3, 0.4) is 0 Å². The minimum atomic E-state index is 0.288. The Morgan fingerprint density at radius 2 is 1.93 bits per heavy atom. The van der Waals surface area contributed by atoms with Gasteiger partial charge in [0.25, 0.3) is 0 Å². The molecule has 0 saturated heterocycles. The van der Waals surface area contributed by atoms with E-state index in [2.05, 4.69) is 32.7 Å². The van der Waals surface area contributed by atoms with E-state index in [9.17, 15) is 0 Å². The molecule has 1 saturated carbocycles. The van der Waals surface area contributed by atoms with Gasteiger partial charge < -0.3 is 10.2 Å². The van der Waals surface area contributed by atoms with Crippen molar-refractivity contribution in [3.63, 3.8) is 0 Å². The average Bonchev–Trinajstić information content (AvgIpc) is 2.51. The fraction of sp³-hybridized carbons (Fsp3) is 0.727. The van der Waals surface area contributed by atoms with E-state index in [-0.39, 0.29) is 10.8 Å². The van der Waals surface area contributed by atoms with Gasteiger partial charge in [-0.15, -0.1) is 0 Å². The third-order valence-electron chi connectivity index (χ3n) is 4.15. The quantitative estimate of drug-likeness (QED) is 0.785. The maximum absolute atomic E-state index is 5.62. The van der Waals surface area contributed by atoms with E-state index in [0.29, 0.717) is 12.5 Å². The Bertz CT molecular complexity index is 338. The zero-order valence-electron chi connectivity index (χ0n) is 9.29. The average molecular weight is 194 g/mol. The van der Waals surface area contributed by atoms with Gasteiger partial charge in [-0.3, -0.25) is 0 Å². The van der Waals surface area contributed by atoms with Crippen LogP contribution < -0.4 is 5.73 Å². The van der Waals surface area contributed by atoms with Crippen LogP contribution in [0.25, 0.3) is 0 Å². The fourth-order valence-corrected chi connectivity index (χ4v) is 2.52. The lowest BCUT2D eigenvalue weighted by Gasteiger charge is -2.03. The van der Waals surface area contributed by atoms with Crippen molar-refractivity contribution in [3.8, 4) is 0 Å². The topological polar surface area (TPSA) is 52.0 Å².